The molecule has 2 aromatic carbocycles. The maximum atomic E-state index is 5.85. The molecule has 0 aliphatic carbocycles. The number of para-hydroxylation sites is 1. The molecule has 1 aliphatic rings. The van der Waals surface area contributed by atoms with Gasteiger partial charge in [0.2, 0.25) is 0 Å². The zero-order valence-electron chi connectivity index (χ0n) is 11.0. The molecular weight excluding hydrogens is 234 g/mol. The van der Waals surface area contributed by atoms with E-state index in [-0.39, 0.29) is 0 Å². The summed E-state index contributed by atoms with van der Waals surface area (Å²) in [5.41, 5.74) is 9.23. The Hall–Kier alpha value is -2.16. The second kappa shape index (κ2) is 5.22. The van der Waals surface area contributed by atoms with Crippen molar-refractivity contribution in [3.05, 3.63) is 54.6 Å². The van der Waals surface area contributed by atoms with Crippen LogP contribution in [0.4, 0.5) is 17.1 Å². The van der Waals surface area contributed by atoms with Crippen molar-refractivity contribution >= 4 is 17.1 Å². The fourth-order valence-electron chi connectivity index (χ4n) is 2.58. The summed E-state index contributed by atoms with van der Waals surface area (Å²) in [7, 11) is 0. The van der Waals surface area contributed by atoms with Gasteiger partial charge in [-0.2, -0.15) is 0 Å². The van der Waals surface area contributed by atoms with Crippen LogP contribution in [0.5, 0.6) is 0 Å². The van der Waals surface area contributed by atoms with Crippen molar-refractivity contribution in [3.8, 4) is 0 Å². The Balaban J connectivity index is 1.67. The summed E-state index contributed by atoms with van der Waals surface area (Å²) in [6, 6.07) is 18.8. The number of nitrogens with two attached hydrogens (primary N) is 1. The monoisotopic (exact) mass is 253 g/mol. The van der Waals surface area contributed by atoms with Crippen molar-refractivity contribution in [1.82, 2.24) is 0 Å². The maximum Gasteiger partial charge on any atom is 0.0388 e. The molecule has 1 fully saturated rings. The van der Waals surface area contributed by atoms with Crippen LogP contribution in [0.15, 0.2) is 54.6 Å². The molecule has 0 saturated carbocycles. The molecule has 3 rings (SSSR count). The molecule has 0 atom stereocenters. The molecule has 2 aromatic rings. The van der Waals surface area contributed by atoms with E-state index in [0.29, 0.717) is 0 Å². The van der Waals surface area contributed by atoms with Crippen molar-refractivity contribution < 1.29 is 0 Å². The van der Waals surface area contributed by atoms with Gasteiger partial charge in [0.05, 0.1) is 0 Å². The largest absolute Gasteiger partial charge is 0.399 e. The predicted octanol–water partition coefficient (Wildman–Crippen LogP) is 2.60. The Labute approximate surface area is 114 Å². The first-order valence-electron chi connectivity index (χ1n) is 6.73. The number of nitrogen functional groups attached to an aromatic ring is 1. The van der Waals surface area contributed by atoms with Crippen LogP contribution in [0.25, 0.3) is 0 Å². The first-order valence-corrected chi connectivity index (χ1v) is 6.73. The number of piperazine rings is 1. The zero-order chi connectivity index (χ0) is 13.1. The fourth-order valence-corrected chi connectivity index (χ4v) is 2.58. The van der Waals surface area contributed by atoms with Gasteiger partial charge in [0, 0.05) is 43.2 Å². The minimum absolute atomic E-state index is 0.836. The highest BCUT2D eigenvalue weighted by molar-refractivity contribution is 5.57. The lowest BCUT2D eigenvalue weighted by molar-refractivity contribution is 0.654. The van der Waals surface area contributed by atoms with E-state index in [1.807, 2.05) is 12.1 Å². The van der Waals surface area contributed by atoms with Crippen molar-refractivity contribution in [2.75, 3.05) is 41.7 Å². The first kappa shape index (κ1) is 11.9. The normalized spacial score (nSPS) is 15.6. The number of hydrogen-bond donors (Lipinski definition) is 1. The number of nitrogens with zero attached hydrogens (tertiary/aromatic N) is 2. The van der Waals surface area contributed by atoms with Crippen molar-refractivity contribution in [2.45, 2.75) is 0 Å². The van der Waals surface area contributed by atoms with Crippen LogP contribution in [-0.2, 0) is 0 Å². The lowest BCUT2D eigenvalue weighted by atomic mass is 10.2. The van der Waals surface area contributed by atoms with Crippen LogP contribution >= 0.6 is 0 Å². The molecule has 1 aliphatic heterocycles. The molecule has 0 radical (unpaired) electrons. The van der Waals surface area contributed by atoms with Gasteiger partial charge in [0.1, 0.15) is 0 Å². The highest BCUT2D eigenvalue weighted by Gasteiger charge is 2.17. The number of hydrogen-bond acceptors (Lipinski definition) is 3. The van der Waals surface area contributed by atoms with Gasteiger partial charge in [0.15, 0.2) is 0 Å². The summed E-state index contributed by atoms with van der Waals surface area (Å²) in [5.74, 6) is 0. The highest BCUT2D eigenvalue weighted by atomic mass is 15.3. The van der Waals surface area contributed by atoms with E-state index in [2.05, 4.69) is 52.3 Å². The number of benzene rings is 2. The van der Waals surface area contributed by atoms with Crippen LogP contribution < -0.4 is 15.5 Å². The fraction of sp³-hybridized carbons (Fsp3) is 0.250. The summed E-state index contributed by atoms with van der Waals surface area (Å²) in [6.07, 6.45) is 0. The lowest BCUT2D eigenvalue weighted by Gasteiger charge is -2.37. The lowest BCUT2D eigenvalue weighted by Crippen LogP contribution is -2.46. The number of rotatable bonds is 2. The molecule has 1 heterocycles. The molecule has 0 amide bonds. The Kier molecular flexibility index (Phi) is 3.27. The van der Waals surface area contributed by atoms with Crippen LogP contribution in [-0.4, -0.2) is 26.2 Å². The van der Waals surface area contributed by atoms with Crippen LogP contribution in [0.1, 0.15) is 0 Å². The van der Waals surface area contributed by atoms with Crippen LogP contribution in [0.3, 0.4) is 0 Å². The van der Waals surface area contributed by atoms with E-state index in [9.17, 15) is 0 Å². The Morgan fingerprint density at radius 1 is 0.684 bits per heavy atom. The van der Waals surface area contributed by atoms with E-state index in [1.54, 1.807) is 0 Å². The molecule has 0 spiro atoms. The molecule has 19 heavy (non-hydrogen) atoms. The third-order valence-corrected chi connectivity index (χ3v) is 3.64. The first-order chi connectivity index (χ1) is 9.33. The molecular formula is C16H19N3. The summed E-state index contributed by atoms with van der Waals surface area (Å²) in [5, 5.41) is 0. The predicted molar refractivity (Wildman–Crippen MR) is 81.7 cm³/mol. The minimum atomic E-state index is 0.836. The van der Waals surface area contributed by atoms with Crippen LogP contribution in [0, 0.1) is 0 Å². The third kappa shape index (κ3) is 2.65. The highest BCUT2D eigenvalue weighted by Crippen LogP contribution is 2.21. The molecule has 0 bridgehead atoms. The van der Waals surface area contributed by atoms with Gasteiger partial charge < -0.3 is 15.5 Å². The minimum Gasteiger partial charge on any atom is -0.399 e. The maximum absolute atomic E-state index is 5.85. The van der Waals surface area contributed by atoms with Gasteiger partial charge in [0.25, 0.3) is 0 Å². The van der Waals surface area contributed by atoms with Gasteiger partial charge in [-0.3, -0.25) is 0 Å². The van der Waals surface area contributed by atoms with Crippen molar-refractivity contribution in [1.29, 1.82) is 0 Å². The van der Waals surface area contributed by atoms with Gasteiger partial charge in [-0.25, -0.2) is 0 Å². The van der Waals surface area contributed by atoms with Crippen molar-refractivity contribution in [3.63, 3.8) is 0 Å². The Bertz CT molecular complexity index is 531. The van der Waals surface area contributed by atoms with Gasteiger partial charge >= 0.3 is 0 Å². The second-order valence-electron chi connectivity index (χ2n) is 4.90. The summed E-state index contributed by atoms with van der Waals surface area (Å²) >= 11 is 0. The van der Waals surface area contributed by atoms with Crippen LogP contribution in [0.2, 0.25) is 0 Å². The standard InChI is InChI=1S/C16H19N3/c17-14-5-4-8-16(13-14)19-11-9-18(10-12-19)15-6-2-1-3-7-15/h1-8,13H,9-12,17H2. The molecule has 1 saturated heterocycles. The smallest absolute Gasteiger partial charge is 0.0388 e. The molecule has 3 heteroatoms. The van der Waals surface area contributed by atoms with E-state index in [0.717, 1.165) is 31.9 Å². The molecule has 0 unspecified atom stereocenters. The van der Waals surface area contributed by atoms with Gasteiger partial charge in [-0.1, -0.05) is 24.3 Å². The number of anilines is 3. The second-order valence-corrected chi connectivity index (χ2v) is 4.90. The topological polar surface area (TPSA) is 32.5 Å². The van der Waals surface area contributed by atoms with Crippen molar-refractivity contribution in [2.24, 2.45) is 0 Å². The Morgan fingerprint density at radius 3 is 1.89 bits per heavy atom. The van der Waals surface area contributed by atoms with Gasteiger partial charge in [-0.05, 0) is 30.3 Å². The average Bonchev–Trinajstić information content (AvgIpc) is 2.48. The van der Waals surface area contributed by atoms with E-state index in [1.165, 1.54) is 11.4 Å². The summed E-state index contributed by atoms with van der Waals surface area (Å²) < 4.78 is 0. The molecule has 0 aromatic heterocycles. The summed E-state index contributed by atoms with van der Waals surface area (Å²) in [6.45, 7) is 4.19. The quantitative estimate of drug-likeness (QED) is 0.835. The SMILES string of the molecule is Nc1cccc(N2CCN(c3ccccc3)CC2)c1. The van der Waals surface area contributed by atoms with Gasteiger partial charge in [-0.15, -0.1) is 0 Å². The molecule has 3 nitrogen and oxygen atoms in total. The van der Waals surface area contributed by atoms with E-state index < -0.39 is 0 Å². The zero-order valence-corrected chi connectivity index (χ0v) is 11.0. The van der Waals surface area contributed by atoms with E-state index in [4.69, 9.17) is 5.73 Å². The summed E-state index contributed by atoms with van der Waals surface area (Å²) in [4.78, 5) is 4.83. The van der Waals surface area contributed by atoms with E-state index >= 15 is 0 Å². The third-order valence-electron chi connectivity index (χ3n) is 3.64. The molecule has 98 valence electrons. The average molecular weight is 253 g/mol. The Morgan fingerprint density at radius 2 is 1.26 bits per heavy atom. The molecule has 2 N–H and O–H groups in total.